The van der Waals surface area contributed by atoms with Crippen molar-refractivity contribution >= 4 is 57.0 Å². The third kappa shape index (κ3) is 3.63. The first-order valence-corrected chi connectivity index (χ1v) is 9.60. The summed E-state index contributed by atoms with van der Waals surface area (Å²) in [5.74, 6) is 3.34. The van der Waals surface area contributed by atoms with Gasteiger partial charge < -0.3 is 4.57 Å². The van der Waals surface area contributed by atoms with Crippen molar-refractivity contribution in [2.24, 2.45) is 0 Å². The maximum absolute atomic E-state index is 6.33. The molecule has 1 heterocycles. The number of nitrogens with zero attached hydrogens (tertiary/aromatic N) is 2. The zero-order valence-electron chi connectivity index (χ0n) is 12.1. The van der Waals surface area contributed by atoms with Crippen LogP contribution in [0.5, 0.6) is 0 Å². The van der Waals surface area contributed by atoms with Gasteiger partial charge in [-0.1, -0.05) is 6.92 Å². The van der Waals surface area contributed by atoms with Crippen LogP contribution in [0.4, 0.5) is 0 Å². The molecule has 2 nitrogen and oxygen atoms in total. The van der Waals surface area contributed by atoms with Gasteiger partial charge in [0.2, 0.25) is 0 Å². The molecular weight excluding hydrogens is 403 g/mol. The molecule has 0 aliphatic rings. The molecule has 0 amide bonds. The van der Waals surface area contributed by atoms with E-state index >= 15 is 0 Å². The molecule has 0 bridgehead atoms. The minimum Gasteiger partial charge on any atom is -0.324 e. The average Bonchev–Trinajstić information content (AvgIpc) is 2.77. The normalized spacial score (nSPS) is 14.7. The van der Waals surface area contributed by atoms with E-state index in [9.17, 15) is 0 Å². The Morgan fingerprint density at radius 3 is 2.80 bits per heavy atom. The molecule has 5 heteroatoms. The Balaban J connectivity index is 2.40. The number of rotatable bonds is 6. The number of hydrogen-bond acceptors (Lipinski definition) is 2. The average molecular weight is 423 g/mol. The molecule has 0 saturated carbocycles. The maximum atomic E-state index is 6.33. The summed E-state index contributed by atoms with van der Waals surface area (Å²) in [6.07, 6.45) is 1.15. The third-order valence-electron chi connectivity index (χ3n) is 3.36. The molecular formula is C15H20ClIN2S. The zero-order chi connectivity index (χ0) is 14.7. The maximum Gasteiger partial charge on any atom is 0.127 e. The SMILES string of the molecule is CCSCCC(C)n1c(C(C)Cl)nc2cc(I)ccc21. The summed E-state index contributed by atoms with van der Waals surface area (Å²) >= 11 is 10.6. The topological polar surface area (TPSA) is 17.8 Å². The minimum absolute atomic E-state index is 0.0682. The molecule has 1 aromatic heterocycles. The van der Waals surface area contributed by atoms with E-state index in [0.717, 1.165) is 17.8 Å². The van der Waals surface area contributed by atoms with Gasteiger partial charge in [-0.05, 0) is 72.6 Å². The highest BCUT2D eigenvalue weighted by atomic mass is 127. The van der Waals surface area contributed by atoms with Gasteiger partial charge in [0.1, 0.15) is 5.82 Å². The first-order chi connectivity index (χ1) is 9.54. The number of imidazole rings is 1. The standard InChI is InChI=1S/C15H20ClIN2S/c1-4-20-8-7-10(2)19-14-6-5-12(17)9-13(14)18-15(19)11(3)16/h5-6,9-11H,4,7-8H2,1-3H3. The van der Waals surface area contributed by atoms with Crippen LogP contribution in [0.1, 0.15) is 44.4 Å². The summed E-state index contributed by atoms with van der Waals surface area (Å²) in [5.41, 5.74) is 2.25. The Bertz CT molecular complexity index is 583. The second-order valence-electron chi connectivity index (χ2n) is 4.92. The van der Waals surface area contributed by atoms with E-state index in [-0.39, 0.29) is 5.38 Å². The lowest BCUT2D eigenvalue weighted by atomic mass is 10.2. The van der Waals surface area contributed by atoms with Gasteiger partial charge >= 0.3 is 0 Å². The molecule has 0 aliphatic heterocycles. The first-order valence-electron chi connectivity index (χ1n) is 6.93. The van der Waals surface area contributed by atoms with Crippen LogP contribution < -0.4 is 0 Å². The lowest BCUT2D eigenvalue weighted by Gasteiger charge is -2.18. The largest absolute Gasteiger partial charge is 0.324 e. The minimum atomic E-state index is -0.0682. The fraction of sp³-hybridized carbons (Fsp3) is 0.533. The summed E-state index contributed by atoms with van der Waals surface area (Å²) in [4.78, 5) is 4.74. The highest BCUT2D eigenvalue weighted by molar-refractivity contribution is 14.1. The summed E-state index contributed by atoms with van der Waals surface area (Å²) in [5, 5.41) is -0.0682. The Hall–Kier alpha value is 0.0600. The number of fused-ring (bicyclic) bond motifs is 1. The van der Waals surface area contributed by atoms with Crippen LogP contribution >= 0.6 is 46.0 Å². The summed E-state index contributed by atoms with van der Waals surface area (Å²) in [6, 6.07) is 6.85. The van der Waals surface area contributed by atoms with Gasteiger partial charge in [0.05, 0.1) is 16.4 Å². The van der Waals surface area contributed by atoms with Crippen molar-refractivity contribution in [3.8, 4) is 0 Å². The van der Waals surface area contributed by atoms with Gasteiger partial charge in [-0.2, -0.15) is 11.8 Å². The van der Waals surface area contributed by atoms with Crippen molar-refractivity contribution in [2.75, 3.05) is 11.5 Å². The first kappa shape index (κ1) is 16.4. The number of alkyl halides is 1. The van der Waals surface area contributed by atoms with E-state index in [1.165, 1.54) is 20.6 Å². The second-order valence-corrected chi connectivity index (χ2v) is 8.22. The molecule has 110 valence electrons. The number of hydrogen-bond donors (Lipinski definition) is 0. The van der Waals surface area contributed by atoms with Crippen molar-refractivity contribution in [3.05, 3.63) is 27.6 Å². The Morgan fingerprint density at radius 2 is 2.15 bits per heavy atom. The van der Waals surface area contributed by atoms with Crippen molar-refractivity contribution in [3.63, 3.8) is 0 Å². The van der Waals surface area contributed by atoms with Crippen LogP contribution in [0.25, 0.3) is 11.0 Å². The van der Waals surface area contributed by atoms with E-state index in [0.29, 0.717) is 6.04 Å². The molecule has 0 aliphatic carbocycles. The quantitative estimate of drug-likeness (QED) is 0.340. The molecule has 20 heavy (non-hydrogen) atoms. The molecule has 1 aromatic carbocycles. The van der Waals surface area contributed by atoms with Crippen molar-refractivity contribution < 1.29 is 0 Å². The van der Waals surface area contributed by atoms with E-state index in [1.807, 2.05) is 18.7 Å². The van der Waals surface area contributed by atoms with E-state index in [4.69, 9.17) is 16.6 Å². The Morgan fingerprint density at radius 1 is 1.40 bits per heavy atom. The van der Waals surface area contributed by atoms with Crippen LogP contribution in [-0.4, -0.2) is 21.1 Å². The molecule has 2 unspecified atom stereocenters. The molecule has 0 spiro atoms. The fourth-order valence-electron chi connectivity index (χ4n) is 2.36. The van der Waals surface area contributed by atoms with Crippen molar-refractivity contribution in [1.82, 2.24) is 9.55 Å². The molecule has 0 N–H and O–H groups in total. The molecule has 0 radical (unpaired) electrons. The van der Waals surface area contributed by atoms with Gasteiger partial charge in [-0.25, -0.2) is 4.98 Å². The summed E-state index contributed by atoms with van der Waals surface area (Å²) in [6.45, 7) is 6.46. The molecule has 2 aromatic rings. The predicted octanol–water partition coefficient (Wildman–Crippen LogP) is 5.64. The molecule has 0 saturated heterocycles. The van der Waals surface area contributed by atoms with Crippen LogP contribution in [0.2, 0.25) is 0 Å². The van der Waals surface area contributed by atoms with Gasteiger partial charge in [0.15, 0.2) is 0 Å². The second kappa shape index (κ2) is 7.36. The highest BCUT2D eigenvalue weighted by Gasteiger charge is 2.19. The summed E-state index contributed by atoms with van der Waals surface area (Å²) < 4.78 is 3.53. The Labute approximate surface area is 143 Å². The van der Waals surface area contributed by atoms with E-state index < -0.39 is 0 Å². The monoisotopic (exact) mass is 422 g/mol. The van der Waals surface area contributed by atoms with Crippen LogP contribution in [0, 0.1) is 3.57 Å². The highest BCUT2D eigenvalue weighted by Crippen LogP contribution is 2.30. The Kier molecular flexibility index (Phi) is 6.05. The third-order valence-corrected chi connectivity index (χ3v) is 5.16. The number of halogens is 2. The van der Waals surface area contributed by atoms with Gasteiger partial charge in [-0.3, -0.25) is 0 Å². The zero-order valence-corrected chi connectivity index (χ0v) is 15.8. The number of aromatic nitrogens is 2. The van der Waals surface area contributed by atoms with E-state index in [2.05, 4.69) is 59.2 Å². The van der Waals surface area contributed by atoms with Crippen LogP contribution in [0.15, 0.2) is 18.2 Å². The fourth-order valence-corrected chi connectivity index (χ4v) is 3.79. The smallest absolute Gasteiger partial charge is 0.127 e. The molecule has 0 fully saturated rings. The van der Waals surface area contributed by atoms with Crippen molar-refractivity contribution in [2.45, 2.75) is 38.6 Å². The lowest BCUT2D eigenvalue weighted by Crippen LogP contribution is -2.11. The van der Waals surface area contributed by atoms with Gasteiger partial charge in [0, 0.05) is 9.61 Å². The van der Waals surface area contributed by atoms with Crippen LogP contribution in [-0.2, 0) is 0 Å². The van der Waals surface area contributed by atoms with Crippen LogP contribution in [0.3, 0.4) is 0 Å². The predicted molar refractivity (Wildman–Crippen MR) is 99.0 cm³/mol. The van der Waals surface area contributed by atoms with Crippen molar-refractivity contribution in [1.29, 1.82) is 0 Å². The lowest BCUT2D eigenvalue weighted by molar-refractivity contribution is 0.525. The van der Waals surface area contributed by atoms with Gasteiger partial charge in [0.25, 0.3) is 0 Å². The number of thioether (sulfide) groups is 1. The summed E-state index contributed by atoms with van der Waals surface area (Å²) in [7, 11) is 0. The van der Waals surface area contributed by atoms with E-state index in [1.54, 1.807) is 0 Å². The molecule has 2 rings (SSSR count). The number of benzene rings is 1. The van der Waals surface area contributed by atoms with Gasteiger partial charge in [-0.15, -0.1) is 11.6 Å². The molecule has 2 atom stereocenters.